The summed E-state index contributed by atoms with van der Waals surface area (Å²) in [5.41, 5.74) is 27.3. The standard InChI is InChI=1S/C26H50N8O10/c1-26(39)10-18(36)24(40-12-26)44-21-16(33-22(38)17(35)5-6-27)9-15(29)20(19(21)37)43-23-14(28)4-3-13(42-23)11-32-7-2-8-41-34-25(30)31/h3,14-21,23-24,32,35-37,39H,2,4-12,27-29H2,1H3,(H,33,38)(H4,30,31,34)/t14-,15+,16-,17+,18-,19+,20-,21+,23-,24-,26-/m1/s1. The fourth-order valence-electron chi connectivity index (χ4n) is 5.22. The number of amides is 1. The Kier molecular flexibility index (Phi) is 13.8. The molecule has 3 rings (SSSR count). The molecule has 0 spiro atoms. The van der Waals surface area contributed by atoms with E-state index in [9.17, 15) is 25.2 Å². The number of guanidine groups is 1. The van der Waals surface area contributed by atoms with E-state index < -0.39 is 72.7 Å². The van der Waals surface area contributed by atoms with Gasteiger partial charge in [0.25, 0.3) is 0 Å². The van der Waals surface area contributed by atoms with Crippen LogP contribution in [0, 0.1) is 0 Å². The van der Waals surface area contributed by atoms with Gasteiger partial charge in [-0.25, -0.2) is 0 Å². The van der Waals surface area contributed by atoms with E-state index in [2.05, 4.69) is 15.8 Å². The van der Waals surface area contributed by atoms with Crippen LogP contribution in [0.15, 0.2) is 17.0 Å². The Morgan fingerprint density at radius 1 is 1.20 bits per heavy atom. The summed E-state index contributed by atoms with van der Waals surface area (Å²) in [7, 11) is 0. The van der Waals surface area contributed by atoms with Gasteiger partial charge in [0.2, 0.25) is 18.2 Å². The molecule has 1 aliphatic carbocycles. The molecular weight excluding hydrogens is 584 g/mol. The molecule has 2 aliphatic heterocycles. The van der Waals surface area contributed by atoms with Gasteiger partial charge < -0.3 is 83.5 Å². The second kappa shape index (κ2) is 16.8. The highest BCUT2D eigenvalue weighted by atomic mass is 16.7. The summed E-state index contributed by atoms with van der Waals surface area (Å²) >= 11 is 0. The van der Waals surface area contributed by atoms with Crippen molar-refractivity contribution in [2.75, 3.05) is 32.8 Å². The van der Waals surface area contributed by atoms with Gasteiger partial charge in [-0.15, -0.1) is 0 Å². The quantitative estimate of drug-likeness (QED) is 0.0348. The molecule has 16 N–H and O–H groups in total. The Labute approximate surface area is 256 Å². The maximum atomic E-state index is 12.7. The van der Waals surface area contributed by atoms with Crippen LogP contribution in [-0.2, 0) is 28.6 Å². The first-order chi connectivity index (χ1) is 20.8. The number of nitrogens with one attached hydrogen (secondary N) is 2. The predicted octanol–water partition coefficient (Wildman–Crippen LogP) is -4.96. The molecule has 44 heavy (non-hydrogen) atoms. The summed E-state index contributed by atoms with van der Waals surface area (Å²) in [6.07, 6.45) is -5.51. The zero-order valence-electron chi connectivity index (χ0n) is 25.0. The number of nitrogens with two attached hydrogens (primary N) is 5. The maximum Gasteiger partial charge on any atom is 0.249 e. The second-order valence-electron chi connectivity index (χ2n) is 11.7. The van der Waals surface area contributed by atoms with Crippen molar-refractivity contribution in [1.82, 2.24) is 10.6 Å². The minimum absolute atomic E-state index is 0.0251. The molecule has 0 bridgehead atoms. The van der Waals surface area contributed by atoms with Gasteiger partial charge in [0.05, 0.1) is 30.8 Å². The number of hydrogen-bond donors (Lipinski definition) is 11. The lowest BCUT2D eigenvalue weighted by Crippen LogP contribution is -2.67. The molecule has 1 saturated heterocycles. The van der Waals surface area contributed by atoms with Crippen molar-refractivity contribution in [2.45, 2.75) is 106 Å². The van der Waals surface area contributed by atoms with Gasteiger partial charge in [0.15, 0.2) is 6.29 Å². The van der Waals surface area contributed by atoms with Gasteiger partial charge in [-0.2, -0.15) is 0 Å². The molecule has 0 radical (unpaired) electrons. The SMILES string of the molecule is C[C@]1(O)CO[C@H](O[C@@H]2[C@@H](O)[C@H](O[C@H]3OC(CNCCCON=C(N)N)=CC[C@H]3N)[C@@H](N)C[C@H]2NC(=O)[C@@H](O)CCN)[C@H](O)C1. The number of oxime groups is 1. The molecule has 254 valence electrons. The van der Waals surface area contributed by atoms with Crippen LogP contribution in [0.1, 0.15) is 39.0 Å². The van der Waals surface area contributed by atoms with Crippen molar-refractivity contribution in [3.05, 3.63) is 11.8 Å². The number of aliphatic hydroxyl groups is 4. The highest BCUT2D eigenvalue weighted by Crippen LogP contribution is 2.31. The van der Waals surface area contributed by atoms with E-state index >= 15 is 0 Å². The molecule has 3 aliphatic rings. The van der Waals surface area contributed by atoms with Gasteiger partial charge in [-0.1, -0.05) is 0 Å². The topological polar surface area (TPSA) is 311 Å². The van der Waals surface area contributed by atoms with Crippen molar-refractivity contribution in [3.63, 3.8) is 0 Å². The summed E-state index contributed by atoms with van der Waals surface area (Å²) in [5.74, 6) is -0.292. The number of rotatable bonds is 15. The van der Waals surface area contributed by atoms with E-state index in [0.29, 0.717) is 38.3 Å². The molecule has 0 aromatic heterocycles. The van der Waals surface area contributed by atoms with E-state index in [1.807, 2.05) is 6.08 Å². The van der Waals surface area contributed by atoms with Crippen molar-refractivity contribution in [3.8, 4) is 0 Å². The van der Waals surface area contributed by atoms with Crippen LogP contribution >= 0.6 is 0 Å². The molecule has 2 heterocycles. The molecule has 18 nitrogen and oxygen atoms in total. The minimum atomic E-state index is -1.44. The first kappa shape index (κ1) is 36.1. The fourth-order valence-corrected chi connectivity index (χ4v) is 5.22. The van der Waals surface area contributed by atoms with Gasteiger partial charge in [-0.3, -0.25) is 4.79 Å². The monoisotopic (exact) mass is 634 g/mol. The van der Waals surface area contributed by atoms with Crippen LogP contribution in [0.4, 0.5) is 0 Å². The molecule has 0 unspecified atom stereocenters. The summed E-state index contributed by atoms with van der Waals surface area (Å²) in [4.78, 5) is 17.6. The highest BCUT2D eigenvalue weighted by molar-refractivity contribution is 5.80. The third-order valence-corrected chi connectivity index (χ3v) is 7.49. The lowest BCUT2D eigenvalue weighted by atomic mass is 9.83. The van der Waals surface area contributed by atoms with Crippen LogP contribution in [0.2, 0.25) is 0 Å². The van der Waals surface area contributed by atoms with Crippen LogP contribution in [-0.4, -0.2) is 132 Å². The molecule has 11 atom stereocenters. The molecule has 1 saturated carbocycles. The van der Waals surface area contributed by atoms with E-state index in [4.69, 9.17) is 52.5 Å². The zero-order valence-corrected chi connectivity index (χ0v) is 25.0. The Morgan fingerprint density at radius 2 is 1.93 bits per heavy atom. The van der Waals surface area contributed by atoms with Gasteiger partial charge >= 0.3 is 0 Å². The summed E-state index contributed by atoms with van der Waals surface area (Å²) in [6, 6.07) is -2.28. The highest BCUT2D eigenvalue weighted by Gasteiger charge is 2.49. The minimum Gasteiger partial charge on any atom is -0.467 e. The van der Waals surface area contributed by atoms with Crippen molar-refractivity contribution in [1.29, 1.82) is 0 Å². The summed E-state index contributed by atoms with van der Waals surface area (Å²) < 4.78 is 23.7. The molecule has 18 heteroatoms. The molecule has 0 aromatic rings. The van der Waals surface area contributed by atoms with E-state index in [1.165, 1.54) is 6.92 Å². The Balaban J connectivity index is 1.65. The smallest absolute Gasteiger partial charge is 0.249 e. The number of carbonyl (C=O) groups excluding carboxylic acids is 1. The zero-order chi connectivity index (χ0) is 32.4. The molecule has 2 fully saturated rings. The fraction of sp³-hybridized carbons (Fsp3) is 0.846. The summed E-state index contributed by atoms with van der Waals surface area (Å²) in [5, 5.41) is 51.8. The van der Waals surface area contributed by atoms with Crippen LogP contribution in [0.5, 0.6) is 0 Å². The number of nitrogens with zero attached hydrogens (tertiary/aromatic N) is 1. The number of hydrogen-bond acceptors (Lipinski definition) is 15. The van der Waals surface area contributed by atoms with Gasteiger partial charge in [0, 0.05) is 12.5 Å². The summed E-state index contributed by atoms with van der Waals surface area (Å²) in [6.45, 7) is 2.75. The van der Waals surface area contributed by atoms with E-state index in [1.54, 1.807) is 0 Å². The molecule has 1 amide bonds. The third kappa shape index (κ3) is 10.6. The van der Waals surface area contributed by atoms with Gasteiger partial charge in [-0.05, 0) is 56.9 Å². The maximum absolute atomic E-state index is 12.7. The lowest BCUT2D eigenvalue weighted by molar-refractivity contribution is -0.297. The Bertz CT molecular complexity index is 971. The average Bonchev–Trinajstić information content (AvgIpc) is 2.94. The van der Waals surface area contributed by atoms with Crippen molar-refractivity contribution in [2.24, 2.45) is 33.8 Å². The second-order valence-corrected chi connectivity index (χ2v) is 11.7. The first-order valence-electron chi connectivity index (χ1n) is 14.8. The number of aliphatic hydroxyl groups excluding tert-OH is 3. The van der Waals surface area contributed by atoms with E-state index in [-0.39, 0.29) is 38.4 Å². The predicted molar refractivity (Wildman–Crippen MR) is 156 cm³/mol. The Hall–Kier alpha value is -2.36. The largest absolute Gasteiger partial charge is 0.467 e. The average molecular weight is 635 g/mol. The van der Waals surface area contributed by atoms with E-state index in [0.717, 1.165) is 0 Å². The first-order valence-corrected chi connectivity index (χ1v) is 14.8. The van der Waals surface area contributed by atoms with Crippen LogP contribution in [0.3, 0.4) is 0 Å². The van der Waals surface area contributed by atoms with Crippen LogP contribution in [0.25, 0.3) is 0 Å². The molecule has 0 aromatic carbocycles. The van der Waals surface area contributed by atoms with Crippen LogP contribution < -0.4 is 39.3 Å². The Morgan fingerprint density at radius 3 is 2.61 bits per heavy atom. The normalized spacial score (nSPS) is 36.5. The van der Waals surface area contributed by atoms with Crippen molar-refractivity contribution < 1.29 is 49.0 Å². The van der Waals surface area contributed by atoms with Gasteiger partial charge in [0.1, 0.15) is 42.9 Å². The molecular formula is C26H50N8O10. The third-order valence-electron chi connectivity index (χ3n) is 7.49. The lowest BCUT2D eigenvalue weighted by Gasteiger charge is -2.47. The van der Waals surface area contributed by atoms with Crippen molar-refractivity contribution >= 4 is 11.9 Å². The number of ether oxygens (including phenoxy) is 4. The number of carbonyl (C=O) groups is 1.